The Morgan fingerprint density at radius 2 is 2.00 bits per heavy atom. The smallest absolute Gasteiger partial charge is 0.243 e. The summed E-state index contributed by atoms with van der Waals surface area (Å²) in [4.78, 5) is 24.0. The van der Waals surface area contributed by atoms with Gasteiger partial charge in [-0.15, -0.1) is 0 Å². The number of carbonyl (C=O) groups is 2. The zero-order valence-corrected chi connectivity index (χ0v) is 8.22. The van der Waals surface area contributed by atoms with E-state index in [1.807, 2.05) is 0 Å². The molecule has 6 heteroatoms. The lowest BCUT2D eigenvalue weighted by molar-refractivity contribution is -0.146. The highest BCUT2D eigenvalue weighted by Crippen LogP contribution is 1.97. The van der Waals surface area contributed by atoms with Gasteiger partial charge in [0.25, 0.3) is 0 Å². The van der Waals surface area contributed by atoms with Gasteiger partial charge in [0.15, 0.2) is 0 Å². The lowest BCUT2D eigenvalue weighted by Crippen LogP contribution is -2.52. The highest BCUT2D eigenvalue weighted by atomic mass is 16.2. The molecular formula is C9H12N4O2. The van der Waals surface area contributed by atoms with E-state index < -0.39 is 0 Å². The molecule has 2 rings (SSSR count). The third-order valence-corrected chi connectivity index (χ3v) is 2.27. The second kappa shape index (κ2) is 4.22. The van der Waals surface area contributed by atoms with Crippen molar-refractivity contribution in [3.8, 4) is 0 Å². The van der Waals surface area contributed by atoms with Crippen molar-refractivity contribution in [3.05, 3.63) is 18.5 Å². The highest BCUT2D eigenvalue weighted by molar-refractivity contribution is 5.99. The van der Waals surface area contributed by atoms with E-state index in [0.717, 1.165) is 0 Å². The molecule has 2 amide bonds. The number of rotatable bonds is 3. The van der Waals surface area contributed by atoms with Crippen molar-refractivity contribution in [2.75, 3.05) is 19.6 Å². The van der Waals surface area contributed by atoms with Crippen molar-refractivity contribution in [2.45, 2.75) is 6.54 Å². The van der Waals surface area contributed by atoms with Crippen molar-refractivity contribution >= 4 is 11.8 Å². The number of nitrogens with zero attached hydrogens (tertiary/aromatic N) is 3. The van der Waals surface area contributed by atoms with Gasteiger partial charge in [0.05, 0.1) is 19.6 Å². The maximum atomic E-state index is 11.4. The maximum Gasteiger partial charge on any atom is 0.243 e. The van der Waals surface area contributed by atoms with Gasteiger partial charge in [-0.1, -0.05) is 0 Å². The normalized spacial score (nSPS) is 17.2. The molecule has 1 saturated heterocycles. The summed E-state index contributed by atoms with van der Waals surface area (Å²) in [7, 11) is 0. The molecule has 0 atom stereocenters. The number of aromatic nitrogens is 2. The molecule has 1 N–H and O–H groups in total. The Morgan fingerprint density at radius 3 is 2.60 bits per heavy atom. The van der Waals surface area contributed by atoms with Crippen LogP contribution >= 0.6 is 0 Å². The Bertz CT molecular complexity index is 344. The lowest BCUT2D eigenvalue weighted by Gasteiger charge is -2.25. The molecule has 1 aromatic rings. The second-order valence-electron chi connectivity index (χ2n) is 3.31. The topological polar surface area (TPSA) is 67.2 Å². The summed E-state index contributed by atoms with van der Waals surface area (Å²) < 4.78 is 1.70. The van der Waals surface area contributed by atoms with E-state index in [9.17, 15) is 9.59 Å². The van der Waals surface area contributed by atoms with Crippen molar-refractivity contribution in [2.24, 2.45) is 0 Å². The molecule has 0 aromatic carbocycles. The molecular weight excluding hydrogens is 196 g/mol. The van der Waals surface area contributed by atoms with Gasteiger partial charge in [0.1, 0.15) is 0 Å². The van der Waals surface area contributed by atoms with E-state index >= 15 is 0 Å². The average molecular weight is 208 g/mol. The maximum absolute atomic E-state index is 11.4. The van der Waals surface area contributed by atoms with E-state index in [1.54, 1.807) is 23.1 Å². The van der Waals surface area contributed by atoms with Gasteiger partial charge in [-0.05, 0) is 6.07 Å². The van der Waals surface area contributed by atoms with Gasteiger partial charge in [-0.25, -0.2) is 0 Å². The van der Waals surface area contributed by atoms with Gasteiger partial charge in [-0.3, -0.25) is 24.5 Å². The Labute approximate surface area is 86.9 Å². The fourth-order valence-electron chi connectivity index (χ4n) is 1.49. The van der Waals surface area contributed by atoms with E-state index in [4.69, 9.17) is 0 Å². The first-order valence-electron chi connectivity index (χ1n) is 4.79. The number of hydrogen-bond acceptors (Lipinski definition) is 4. The molecule has 1 fully saturated rings. The van der Waals surface area contributed by atoms with Crippen LogP contribution in [0.1, 0.15) is 0 Å². The van der Waals surface area contributed by atoms with E-state index in [-0.39, 0.29) is 24.9 Å². The SMILES string of the molecule is O=C1CNCC(=O)N1CCn1cccn1. The quantitative estimate of drug-likeness (QED) is 0.636. The van der Waals surface area contributed by atoms with Crippen LogP contribution in [0.3, 0.4) is 0 Å². The van der Waals surface area contributed by atoms with Crippen LogP contribution in [0.15, 0.2) is 18.5 Å². The fourth-order valence-corrected chi connectivity index (χ4v) is 1.49. The van der Waals surface area contributed by atoms with Crippen LogP contribution in [0.4, 0.5) is 0 Å². The Hall–Kier alpha value is -1.69. The molecule has 6 nitrogen and oxygen atoms in total. The largest absolute Gasteiger partial charge is 0.300 e. The number of nitrogens with one attached hydrogen (secondary N) is 1. The van der Waals surface area contributed by atoms with Crippen LogP contribution in [-0.4, -0.2) is 46.1 Å². The average Bonchev–Trinajstić information content (AvgIpc) is 2.70. The number of piperazine rings is 1. The molecule has 0 spiro atoms. The first-order valence-corrected chi connectivity index (χ1v) is 4.79. The zero-order chi connectivity index (χ0) is 10.7. The van der Waals surface area contributed by atoms with Gasteiger partial charge in [0.2, 0.25) is 11.8 Å². The van der Waals surface area contributed by atoms with Crippen LogP contribution in [-0.2, 0) is 16.1 Å². The van der Waals surface area contributed by atoms with Crippen LogP contribution in [0.2, 0.25) is 0 Å². The Kier molecular flexibility index (Phi) is 2.77. The number of carbonyl (C=O) groups excluding carboxylic acids is 2. The first kappa shape index (κ1) is 9.85. The summed E-state index contributed by atoms with van der Waals surface area (Å²) in [6.07, 6.45) is 3.47. The molecule has 80 valence electrons. The summed E-state index contributed by atoms with van der Waals surface area (Å²) in [5.41, 5.74) is 0. The molecule has 0 saturated carbocycles. The third kappa shape index (κ3) is 2.21. The molecule has 1 aromatic heterocycles. The summed E-state index contributed by atoms with van der Waals surface area (Å²) in [5.74, 6) is -0.336. The minimum Gasteiger partial charge on any atom is -0.300 e. The van der Waals surface area contributed by atoms with Gasteiger partial charge < -0.3 is 0 Å². The fraction of sp³-hybridized carbons (Fsp3) is 0.444. The van der Waals surface area contributed by atoms with Crippen LogP contribution < -0.4 is 5.32 Å². The van der Waals surface area contributed by atoms with Gasteiger partial charge in [-0.2, -0.15) is 5.10 Å². The number of amides is 2. The third-order valence-electron chi connectivity index (χ3n) is 2.27. The van der Waals surface area contributed by atoms with Crippen LogP contribution in [0.5, 0.6) is 0 Å². The van der Waals surface area contributed by atoms with E-state index in [2.05, 4.69) is 10.4 Å². The molecule has 0 radical (unpaired) electrons. The van der Waals surface area contributed by atoms with Gasteiger partial charge in [0, 0.05) is 18.9 Å². The molecule has 1 aliphatic heterocycles. The highest BCUT2D eigenvalue weighted by Gasteiger charge is 2.24. The molecule has 0 unspecified atom stereocenters. The van der Waals surface area contributed by atoms with Crippen molar-refractivity contribution < 1.29 is 9.59 Å². The summed E-state index contributed by atoms with van der Waals surface area (Å²) in [6, 6.07) is 1.81. The minimum atomic E-state index is -0.168. The summed E-state index contributed by atoms with van der Waals surface area (Å²) in [6.45, 7) is 1.42. The number of hydrogen-bond donors (Lipinski definition) is 1. The van der Waals surface area contributed by atoms with Crippen LogP contribution in [0, 0.1) is 0 Å². The molecule has 15 heavy (non-hydrogen) atoms. The monoisotopic (exact) mass is 208 g/mol. The van der Waals surface area contributed by atoms with Crippen molar-refractivity contribution in [3.63, 3.8) is 0 Å². The van der Waals surface area contributed by atoms with Gasteiger partial charge >= 0.3 is 0 Å². The zero-order valence-electron chi connectivity index (χ0n) is 8.22. The molecule has 0 aliphatic carbocycles. The molecule has 0 bridgehead atoms. The Morgan fingerprint density at radius 1 is 1.27 bits per heavy atom. The van der Waals surface area contributed by atoms with Crippen molar-refractivity contribution in [1.29, 1.82) is 0 Å². The lowest BCUT2D eigenvalue weighted by atomic mass is 10.3. The minimum absolute atomic E-state index is 0.168. The Balaban J connectivity index is 1.92. The molecule has 1 aliphatic rings. The number of imide groups is 1. The van der Waals surface area contributed by atoms with Crippen molar-refractivity contribution in [1.82, 2.24) is 20.0 Å². The predicted octanol–water partition coefficient (Wildman–Crippen LogP) is -1.16. The van der Waals surface area contributed by atoms with Crippen LogP contribution in [0.25, 0.3) is 0 Å². The summed E-state index contributed by atoms with van der Waals surface area (Å²) >= 11 is 0. The van der Waals surface area contributed by atoms with E-state index in [1.165, 1.54) is 4.90 Å². The summed E-state index contributed by atoms with van der Waals surface area (Å²) in [5, 5.41) is 6.75. The second-order valence-corrected chi connectivity index (χ2v) is 3.31. The first-order chi connectivity index (χ1) is 7.27. The standard InChI is InChI=1S/C9H12N4O2/c14-8-6-10-7-9(15)13(8)5-4-12-3-1-2-11-12/h1-3,10H,4-7H2. The van der Waals surface area contributed by atoms with E-state index in [0.29, 0.717) is 13.1 Å². The molecule has 2 heterocycles. The predicted molar refractivity (Wildman–Crippen MR) is 51.8 cm³/mol.